The molecule has 1 saturated carbocycles. The van der Waals surface area contributed by atoms with Crippen molar-refractivity contribution >= 4 is 5.91 Å². The zero-order valence-corrected chi connectivity index (χ0v) is 12.3. The fourth-order valence-electron chi connectivity index (χ4n) is 3.88. The molecule has 21 heavy (non-hydrogen) atoms. The lowest BCUT2D eigenvalue weighted by molar-refractivity contribution is -0.133. The van der Waals surface area contributed by atoms with Crippen molar-refractivity contribution in [2.45, 2.75) is 32.1 Å². The number of hydrogen-bond acceptors (Lipinski definition) is 2. The van der Waals surface area contributed by atoms with E-state index in [1.165, 1.54) is 18.6 Å². The highest BCUT2D eigenvalue weighted by Crippen LogP contribution is 2.43. The molecule has 4 heteroatoms. The Morgan fingerprint density at radius 3 is 3.19 bits per heavy atom. The van der Waals surface area contributed by atoms with Gasteiger partial charge in [-0.05, 0) is 49.4 Å². The third kappa shape index (κ3) is 2.95. The van der Waals surface area contributed by atoms with Gasteiger partial charge >= 0.3 is 0 Å². The van der Waals surface area contributed by atoms with Crippen LogP contribution in [0.5, 0.6) is 0 Å². The third-order valence-electron chi connectivity index (χ3n) is 5.08. The second kappa shape index (κ2) is 6.14. The first kappa shape index (κ1) is 14.5. The Labute approximate surface area is 125 Å². The molecule has 2 fully saturated rings. The summed E-state index contributed by atoms with van der Waals surface area (Å²) in [5.41, 5.74) is 0.734. The molecule has 1 saturated heterocycles. The lowest BCUT2D eigenvalue weighted by atomic mass is 9.67. The van der Waals surface area contributed by atoms with E-state index in [9.17, 15) is 9.18 Å². The summed E-state index contributed by atoms with van der Waals surface area (Å²) in [5.74, 6) is 0.457. The van der Waals surface area contributed by atoms with E-state index in [1.54, 1.807) is 6.07 Å². The summed E-state index contributed by atoms with van der Waals surface area (Å²) in [4.78, 5) is 12.6. The fraction of sp³-hybridized carbons (Fsp3) is 0.588. The molecule has 0 unspecified atom stereocenters. The molecule has 114 valence electrons. The Hall–Kier alpha value is -1.42. The molecule has 3 nitrogen and oxygen atoms in total. The van der Waals surface area contributed by atoms with Crippen molar-refractivity contribution in [3.8, 4) is 0 Å². The zero-order chi connectivity index (χ0) is 14.7. The summed E-state index contributed by atoms with van der Waals surface area (Å²) >= 11 is 0. The number of carbonyl (C=O) groups is 1. The van der Waals surface area contributed by atoms with Gasteiger partial charge in [-0.15, -0.1) is 0 Å². The normalized spacial score (nSPS) is 28.1. The molecule has 2 N–H and O–H groups in total. The lowest BCUT2D eigenvalue weighted by Crippen LogP contribution is -2.48. The third-order valence-corrected chi connectivity index (χ3v) is 5.08. The molecule has 1 aromatic rings. The first-order valence-corrected chi connectivity index (χ1v) is 7.94. The van der Waals surface area contributed by atoms with Crippen LogP contribution in [0.25, 0.3) is 0 Å². The van der Waals surface area contributed by atoms with Crippen LogP contribution in [0.2, 0.25) is 0 Å². The summed E-state index contributed by atoms with van der Waals surface area (Å²) in [7, 11) is 0. The van der Waals surface area contributed by atoms with E-state index >= 15 is 0 Å². The molecule has 2 aliphatic rings. The Balaban J connectivity index is 1.56. The molecule has 0 spiro atoms. The van der Waals surface area contributed by atoms with E-state index in [4.69, 9.17) is 0 Å². The van der Waals surface area contributed by atoms with Crippen LogP contribution in [0.1, 0.15) is 31.2 Å². The second-order valence-corrected chi connectivity index (χ2v) is 6.37. The number of rotatable bonds is 4. The maximum atomic E-state index is 13.1. The predicted molar refractivity (Wildman–Crippen MR) is 80.4 cm³/mol. The van der Waals surface area contributed by atoms with Gasteiger partial charge in [0, 0.05) is 13.1 Å². The van der Waals surface area contributed by atoms with E-state index in [1.807, 2.05) is 6.07 Å². The number of hydrogen-bond donors (Lipinski definition) is 2. The molecule has 1 aliphatic carbocycles. The maximum Gasteiger partial charge on any atom is 0.227 e. The summed E-state index contributed by atoms with van der Waals surface area (Å²) in [5, 5.41) is 6.47. The van der Waals surface area contributed by atoms with Crippen LogP contribution >= 0.6 is 0 Å². The van der Waals surface area contributed by atoms with Gasteiger partial charge < -0.3 is 10.6 Å². The first-order chi connectivity index (χ1) is 10.2. The fourth-order valence-corrected chi connectivity index (χ4v) is 3.88. The van der Waals surface area contributed by atoms with Gasteiger partial charge in [-0.1, -0.05) is 25.0 Å². The minimum Gasteiger partial charge on any atom is -0.355 e. The Morgan fingerprint density at radius 2 is 2.33 bits per heavy atom. The Kier molecular flexibility index (Phi) is 4.24. The molecule has 0 aromatic heterocycles. The number of amides is 1. The molecular formula is C17H23FN2O. The minimum absolute atomic E-state index is 0.189. The predicted octanol–water partition coefficient (Wildman–Crippen LogP) is 2.26. The largest absolute Gasteiger partial charge is 0.355 e. The van der Waals surface area contributed by atoms with Crippen molar-refractivity contribution in [1.82, 2.24) is 10.6 Å². The minimum atomic E-state index is -0.218. The summed E-state index contributed by atoms with van der Waals surface area (Å²) in [6.45, 7) is 2.36. The molecule has 0 radical (unpaired) electrons. The maximum absolute atomic E-state index is 13.1. The van der Waals surface area contributed by atoms with Crippen LogP contribution < -0.4 is 10.6 Å². The van der Waals surface area contributed by atoms with Crippen LogP contribution in [0, 0.1) is 17.2 Å². The first-order valence-electron chi connectivity index (χ1n) is 7.94. The van der Waals surface area contributed by atoms with Crippen molar-refractivity contribution in [1.29, 1.82) is 0 Å². The van der Waals surface area contributed by atoms with Gasteiger partial charge in [-0.25, -0.2) is 4.39 Å². The van der Waals surface area contributed by atoms with Crippen LogP contribution in [-0.2, 0) is 11.2 Å². The van der Waals surface area contributed by atoms with Crippen molar-refractivity contribution < 1.29 is 9.18 Å². The quantitative estimate of drug-likeness (QED) is 0.893. The summed E-state index contributed by atoms with van der Waals surface area (Å²) < 4.78 is 13.1. The van der Waals surface area contributed by atoms with Crippen LogP contribution in [0.4, 0.5) is 4.39 Å². The average molecular weight is 290 g/mol. The van der Waals surface area contributed by atoms with Gasteiger partial charge in [-0.3, -0.25) is 4.79 Å². The molecule has 1 aliphatic heterocycles. The number of benzene rings is 1. The topological polar surface area (TPSA) is 41.1 Å². The highest BCUT2D eigenvalue weighted by Gasteiger charge is 2.49. The van der Waals surface area contributed by atoms with Crippen molar-refractivity contribution in [3.63, 3.8) is 0 Å². The van der Waals surface area contributed by atoms with Crippen LogP contribution in [0.15, 0.2) is 24.3 Å². The number of halogens is 1. The van der Waals surface area contributed by atoms with E-state index in [0.29, 0.717) is 18.9 Å². The van der Waals surface area contributed by atoms with Gasteiger partial charge in [0.1, 0.15) is 5.82 Å². The van der Waals surface area contributed by atoms with Crippen LogP contribution in [0.3, 0.4) is 0 Å². The lowest BCUT2D eigenvalue weighted by Gasteiger charge is -2.37. The van der Waals surface area contributed by atoms with E-state index < -0.39 is 0 Å². The molecule has 1 heterocycles. The zero-order valence-electron chi connectivity index (χ0n) is 12.3. The summed E-state index contributed by atoms with van der Waals surface area (Å²) in [6.07, 6.45) is 5.22. The van der Waals surface area contributed by atoms with Crippen LogP contribution in [-0.4, -0.2) is 25.5 Å². The van der Waals surface area contributed by atoms with E-state index in [-0.39, 0.29) is 17.1 Å². The molecule has 1 amide bonds. The molecule has 0 bridgehead atoms. The summed E-state index contributed by atoms with van der Waals surface area (Å²) in [6, 6.07) is 6.58. The van der Waals surface area contributed by atoms with Gasteiger partial charge in [0.25, 0.3) is 0 Å². The standard InChI is InChI=1S/C17H23FN2O/c18-15-6-3-4-13(10-15)7-9-20-16(21)17-8-2-1-5-14(17)11-19-12-17/h3-4,6,10,14,19H,1-2,5,7-9,11-12H2,(H,20,21)/t14-,17+/m0/s1. The number of fused-ring (bicyclic) bond motifs is 1. The highest BCUT2D eigenvalue weighted by molar-refractivity contribution is 5.83. The van der Waals surface area contributed by atoms with Gasteiger partial charge in [0.2, 0.25) is 5.91 Å². The van der Waals surface area contributed by atoms with Crippen molar-refractivity contribution in [2.24, 2.45) is 11.3 Å². The molecular weight excluding hydrogens is 267 g/mol. The van der Waals surface area contributed by atoms with Crippen molar-refractivity contribution in [3.05, 3.63) is 35.6 Å². The van der Waals surface area contributed by atoms with E-state index in [0.717, 1.165) is 37.9 Å². The van der Waals surface area contributed by atoms with Gasteiger partial charge in [0.05, 0.1) is 5.41 Å². The van der Waals surface area contributed by atoms with E-state index in [2.05, 4.69) is 10.6 Å². The molecule has 3 rings (SSSR count). The average Bonchev–Trinajstić information content (AvgIpc) is 2.92. The van der Waals surface area contributed by atoms with Crippen molar-refractivity contribution in [2.75, 3.05) is 19.6 Å². The molecule has 1 aromatic carbocycles. The highest BCUT2D eigenvalue weighted by atomic mass is 19.1. The number of carbonyl (C=O) groups excluding carboxylic acids is 1. The SMILES string of the molecule is O=C(NCCc1cccc(F)c1)[C@@]12CCCC[C@H]1CNC2. The monoisotopic (exact) mass is 290 g/mol. The smallest absolute Gasteiger partial charge is 0.227 e. The molecule has 2 atom stereocenters. The Bertz CT molecular complexity index is 519. The van der Waals surface area contributed by atoms with Gasteiger partial charge in [0.15, 0.2) is 0 Å². The number of nitrogens with one attached hydrogen (secondary N) is 2. The van der Waals surface area contributed by atoms with Gasteiger partial charge in [-0.2, -0.15) is 0 Å². The Morgan fingerprint density at radius 1 is 1.43 bits per heavy atom. The second-order valence-electron chi connectivity index (χ2n) is 6.37.